The quantitative estimate of drug-likeness (QED) is 0.128. The van der Waals surface area contributed by atoms with Crippen LogP contribution in [0.25, 0.3) is 0 Å². The maximum Gasteiger partial charge on any atom is 0.323 e. The van der Waals surface area contributed by atoms with Crippen LogP contribution in [-0.4, -0.2) is 48.8 Å². The first-order valence-corrected chi connectivity index (χ1v) is 8.96. The third-order valence-electron chi connectivity index (χ3n) is 2.80. The minimum Gasteiger partial charge on any atom is -0.520 e. The van der Waals surface area contributed by atoms with Gasteiger partial charge in [0.05, 0.1) is 19.1 Å². The number of carboxylic acid groups (broad SMARTS) is 1. The molecule has 1 atom stereocenters. The van der Waals surface area contributed by atoms with E-state index < -0.39 is 12.0 Å². The summed E-state index contributed by atoms with van der Waals surface area (Å²) in [5.74, 6) is -1.18. The van der Waals surface area contributed by atoms with Gasteiger partial charge in [-0.05, 0) is 31.3 Å². The van der Waals surface area contributed by atoms with E-state index in [9.17, 15) is 14.4 Å². The van der Waals surface area contributed by atoms with Crippen LogP contribution in [0.1, 0.15) is 52.4 Å². The molecule has 0 aromatic carbocycles. The first kappa shape index (κ1) is 26.6. The van der Waals surface area contributed by atoms with Crippen LogP contribution in [0.4, 0.5) is 0 Å². The number of unbranched alkanes of at least 4 members (excludes halogenated alkanes) is 2. The molecule has 9 heteroatoms. The molecular weight excluding hydrogens is 577 g/mol. The zero-order valence-corrected chi connectivity index (χ0v) is 17.7. The molecule has 0 aliphatic rings. The molecule has 0 aromatic heterocycles. The van der Waals surface area contributed by atoms with Crippen molar-refractivity contribution in [1.82, 2.24) is 10.6 Å². The number of nitrogens with one attached hydrogen (secondary N) is 2. The molecule has 0 fully saturated rings. The van der Waals surface area contributed by atoms with Gasteiger partial charge in [0.2, 0.25) is 5.91 Å². The van der Waals surface area contributed by atoms with E-state index in [1.807, 2.05) is 0 Å². The Labute approximate surface area is 143 Å². The maximum absolute atomic E-state index is 11.3. The van der Waals surface area contributed by atoms with Crippen molar-refractivity contribution in [1.29, 1.82) is 0 Å². The standard InChI is InChI=1S/C11H19N2O5S.C4H10.Fm/c1-19-18-7-5-10(15)12-6-3-2-4-9(11(16)17)13-8-14;1-3-4-2;/h9H,2-7H2,1H3,(H,12,15)(H,13,14)(H,16,17);3-4H2,1-2H3;/q-1;;. The third-order valence-corrected chi connectivity index (χ3v) is 3.21. The molecule has 0 saturated carbocycles. The minimum absolute atomic E-state index is 0. The van der Waals surface area contributed by atoms with Crippen LogP contribution >= 0.6 is 12.0 Å². The summed E-state index contributed by atoms with van der Waals surface area (Å²) >= 11 is 1.21. The van der Waals surface area contributed by atoms with Crippen molar-refractivity contribution in [2.75, 3.05) is 19.4 Å². The Kier molecular flexibility index (Phi) is 23.0. The summed E-state index contributed by atoms with van der Waals surface area (Å²) in [5, 5.41) is 13.6. The molecule has 1 unspecified atom stereocenters. The summed E-state index contributed by atoms with van der Waals surface area (Å²) in [4.78, 5) is 32.0. The number of carbonyl (C=O) groups excluding carboxylic acids is 2. The molecule has 0 aromatic rings. The van der Waals surface area contributed by atoms with Gasteiger partial charge in [-0.1, -0.05) is 26.7 Å². The van der Waals surface area contributed by atoms with Gasteiger partial charge in [0.1, 0.15) is 0 Å². The largest absolute Gasteiger partial charge is 0.520 e. The van der Waals surface area contributed by atoms with E-state index >= 15 is 0 Å². The second kappa shape index (κ2) is 20.7. The van der Waals surface area contributed by atoms with Crippen LogP contribution < -0.4 is 10.6 Å². The van der Waals surface area contributed by atoms with Gasteiger partial charge in [0.15, 0.2) is 0 Å². The summed E-state index contributed by atoms with van der Waals surface area (Å²) < 4.78 is 4.96. The van der Waals surface area contributed by atoms with E-state index in [4.69, 9.17) is 9.29 Å². The van der Waals surface area contributed by atoms with Crippen molar-refractivity contribution < 1.29 is 23.7 Å². The van der Waals surface area contributed by atoms with Crippen molar-refractivity contribution >= 4 is 30.3 Å². The molecule has 148 valence electrons. The fourth-order valence-electron chi connectivity index (χ4n) is 1.34. The Bertz CT molecular complexity index is 320. The summed E-state index contributed by atoms with van der Waals surface area (Å²) in [6.07, 6.45) is 7.65. The normalized spacial score (nSPS) is 10.5. The third kappa shape index (κ3) is 19.7. The first-order chi connectivity index (χ1) is 11.0. The van der Waals surface area contributed by atoms with Gasteiger partial charge in [-0.25, -0.2) is 0 Å². The van der Waals surface area contributed by atoms with Gasteiger partial charge in [0, 0.05) is 12.8 Å². The summed E-state index contributed by atoms with van der Waals surface area (Å²) in [6.45, 7) is 5.21. The van der Waals surface area contributed by atoms with Gasteiger partial charge < -0.3 is 24.7 Å². The number of hydrogen-bond acceptors (Lipinski definition) is 5. The Hall–Kier alpha value is -2.28. The van der Waals surface area contributed by atoms with E-state index in [1.165, 1.54) is 31.3 Å². The molecule has 0 heterocycles. The number of carboxylic acids is 1. The minimum atomic E-state index is -1.08. The SMILES string of the molecule is CCCC.CSOCCC(=O)NCCCCC(N[C-]=O)C(=O)O.[Fm]. The second-order valence-corrected chi connectivity index (χ2v) is 5.29. The number of amides is 2. The van der Waals surface area contributed by atoms with E-state index in [0.717, 1.165) is 0 Å². The maximum atomic E-state index is 11.3. The zero-order chi connectivity index (χ0) is 17.9. The van der Waals surface area contributed by atoms with Gasteiger partial charge >= 0.3 is 5.97 Å². The van der Waals surface area contributed by atoms with Crippen molar-refractivity contribution in [3.8, 4) is 0 Å². The Morgan fingerprint density at radius 1 is 1.25 bits per heavy atom. The van der Waals surface area contributed by atoms with Crippen LogP contribution in [0.5, 0.6) is 0 Å². The topological polar surface area (TPSA) is 105 Å². The van der Waals surface area contributed by atoms with Crippen molar-refractivity contribution in [2.45, 2.75) is 58.4 Å². The van der Waals surface area contributed by atoms with E-state index in [0.29, 0.717) is 38.8 Å². The van der Waals surface area contributed by atoms with Gasteiger partial charge in [0.25, 0.3) is 0 Å². The molecule has 0 aliphatic heterocycles. The molecule has 3 N–H and O–H groups in total. The zero-order valence-electron chi connectivity index (χ0n) is 14.5. The van der Waals surface area contributed by atoms with Crippen LogP contribution in [-0.2, 0) is 18.6 Å². The average molecular weight is 606 g/mol. The van der Waals surface area contributed by atoms with Crippen LogP contribution in [0.2, 0.25) is 0 Å². The molecule has 0 aliphatic carbocycles. The molecule has 7 nitrogen and oxygen atoms in total. The van der Waals surface area contributed by atoms with E-state index in [1.54, 1.807) is 6.26 Å². The van der Waals surface area contributed by atoms with Crippen molar-refractivity contribution in [3.63, 3.8) is 0 Å². The Morgan fingerprint density at radius 2 is 1.88 bits per heavy atom. The molecule has 0 rings (SSSR count). The summed E-state index contributed by atoms with van der Waals surface area (Å²) in [7, 11) is 0. The number of carbonyl (C=O) groups is 2. The predicted molar refractivity (Wildman–Crippen MR) is 91.8 cm³/mol. The number of rotatable bonds is 13. The van der Waals surface area contributed by atoms with Gasteiger partial charge in [-0.3, -0.25) is 9.59 Å². The van der Waals surface area contributed by atoms with Crippen LogP contribution in [0, 0.1) is 0 Å². The van der Waals surface area contributed by atoms with Gasteiger partial charge in [-0.2, -0.15) is 6.41 Å². The smallest absolute Gasteiger partial charge is 0.323 e. The van der Waals surface area contributed by atoms with E-state index in [2.05, 4.69) is 24.5 Å². The van der Waals surface area contributed by atoms with Crippen LogP contribution in [0.3, 0.4) is 0 Å². The molecule has 0 spiro atoms. The monoisotopic (exact) mass is 606 g/mol. The van der Waals surface area contributed by atoms with Crippen molar-refractivity contribution in [2.24, 2.45) is 0 Å². The summed E-state index contributed by atoms with van der Waals surface area (Å²) in [6, 6.07) is -0.914. The Morgan fingerprint density at radius 3 is 2.33 bits per heavy atom. The predicted octanol–water partition coefficient (Wildman–Crippen LogP) is 1.87. The molecule has 0 bridgehead atoms. The summed E-state index contributed by atoms with van der Waals surface area (Å²) in [5.41, 5.74) is 0. The first-order valence-electron chi connectivity index (χ1n) is 7.81. The molecular formula is C15H29FmN2O5S-. The number of aliphatic carboxylic acids is 1. The molecule has 0 saturated heterocycles. The van der Waals surface area contributed by atoms with Crippen molar-refractivity contribution in [3.05, 3.63) is 0 Å². The molecule has 0 radical (unpaired) electrons. The number of hydrogen-bond donors (Lipinski definition) is 3. The Balaban J connectivity index is -0.000000787. The molecule has 2 amide bonds. The second-order valence-electron chi connectivity index (χ2n) is 4.72. The molecule has 24 heavy (non-hydrogen) atoms. The fourth-order valence-corrected chi connectivity index (χ4v) is 1.59. The fraction of sp³-hybridized carbons (Fsp3) is 0.800. The van der Waals surface area contributed by atoms with Gasteiger partial charge in [-0.15, -0.1) is 0 Å². The van der Waals surface area contributed by atoms with Crippen LogP contribution in [0.15, 0.2) is 0 Å². The van der Waals surface area contributed by atoms with E-state index in [-0.39, 0.29) is 5.91 Å². The average Bonchev–Trinajstić information content (AvgIpc) is 2.53.